The van der Waals surface area contributed by atoms with Crippen LogP contribution in [0.2, 0.25) is 0 Å². The molecule has 1 fully saturated rings. The molecule has 0 unspecified atom stereocenters. The number of carbonyl (C=O) groups is 1. The van der Waals surface area contributed by atoms with Crippen LogP contribution in [0.5, 0.6) is 0 Å². The molecule has 1 aromatic rings. The lowest BCUT2D eigenvalue weighted by molar-refractivity contribution is -0.0331. The molecule has 23 heavy (non-hydrogen) atoms. The highest BCUT2D eigenvalue weighted by Gasteiger charge is 2.28. The number of aromatic nitrogens is 1. The molecule has 2 amide bonds. The average Bonchev–Trinajstić information content (AvgIpc) is 2.95. The third kappa shape index (κ3) is 5.18. The van der Waals surface area contributed by atoms with Crippen LogP contribution in [0, 0.1) is 12.8 Å². The van der Waals surface area contributed by atoms with E-state index in [1.165, 1.54) is 0 Å². The molecule has 0 spiro atoms. The van der Waals surface area contributed by atoms with Crippen molar-refractivity contribution in [1.82, 2.24) is 15.6 Å². The molecule has 130 valence electrons. The number of hydrogen-bond donors (Lipinski definition) is 2. The van der Waals surface area contributed by atoms with E-state index in [0.29, 0.717) is 5.92 Å². The maximum Gasteiger partial charge on any atom is 0.315 e. The first kappa shape index (κ1) is 18.2. The number of urea groups is 1. The van der Waals surface area contributed by atoms with Crippen LogP contribution < -0.4 is 10.6 Å². The number of nitrogens with zero attached hydrogens (tertiary/aromatic N) is 1. The van der Waals surface area contributed by atoms with E-state index in [0.717, 1.165) is 42.2 Å². The van der Waals surface area contributed by atoms with Crippen LogP contribution in [-0.2, 0) is 4.74 Å². The summed E-state index contributed by atoms with van der Waals surface area (Å²) in [5, 5.41) is 7.04. The van der Waals surface area contributed by atoms with Crippen LogP contribution in [0.25, 0.3) is 0 Å². The van der Waals surface area contributed by atoms with Crippen LogP contribution in [0.15, 0.2) is 6.20 Å². The molecule has 6 heteroatoms. The molecule has 0 bridgehead atoms. The van der Waals surface area contributed by atoms with Gasteiger partial charge in [0.25, 0.3) is 0 Å². The molecule has 1 aliphatic rings. The van der Waals surface area contributed by atoms with Gasteiger partial charge in [0.15, 0.2) is 0 Å². The maximum absolute atomic E-state index is 12.2. The largest absolute Gasteiger partial charge is 0.378 e. The zero-order valence-electron chi connectivity index (χ0n) is 14.6. The topological polar surface area (TPSA) is 63.2 Å². The SMILES string of the molecule is CCC(CC)[C@@H]1C[C@@H](NC(=O)N[C@@H](C)c2ncc(C)s2)CCO1. The van der Waals surface area contributed by atoms with Gasteiger partial charge in [-0.05, 0) is 32.6 Å². The maximum atomic E-state index is 12.2. The molecule has 2 rings (SSSR count). The molecule has 5 nitrogen and oxygen atoms in total. The molecule has 2 N–H and O–H groups in total. The van der Waals surface area contributed by atoms with E-state index in [1.807, 2.05) is 20.0 Å². The number of rotatable bonds is 6. The molecule has 0 saturated carbocycles. The Morgan fingerprint density at radius 1 is 1.48 bits per heavy atom. The fourth-order valence-corrected chi connectivity index (χ4v) is 3.94. The normalized spacial score (nSPS) is 22.8. The Kier molecular flexibility index (Phi) is 6.84. The van der Waals surface area contributed by atoms with Crippen LogP contribution in [-0.4, -0.2) is 29.8 Å². The zero-order valence-corrected chi connectivity index (χ0v) is 15.4. The summed E-state index contributed by atoms with van der Waals surface area (Å²) in [6.45, 7) is 9.13. The molecular weight excluding hydrogens is 310 g/mol. The van der Waals surface area contributed by atoms with Gasteiger partial charge in [-0.25, -0.2) is 9.78 Å². The minimum absolute atomic E-state index is 0.0663. The third-order valence-corrected chi connectivity index (χ3v) is 5.68. The summed E-state index contributed by atoms with van der Waals surface area (Å²) in [7, 11) is 0. The Hall–Kier alpha value is -1.14. The highest BCUT2D eigenvalue weighted by Crippen LogP contribution is 2.25. The van der Waals surface area contributed by atoms with Gasteiger partial charge in [0.1, 0.15) is 5.01 Å². The van der Waals surface area contributed by atoms with Crippen LogP contribution in [0.4, 0.5) is 4.79 Å². The lowest BCUT2D eigenvalue weighted by atomic mass is 9.89. The van der Waals surface area contributed by atoms with Crippen LogP contribution >= 0.6 is 11.3 Å². The molecular formula is C17H29N3O2S. The second-order valence-corrected chi connectivity index (χ2v) is 7.62. The molecule has 0 aliphatic carbocycles. The summed E-state index contributed by atoms with van der Waals surface area (Å²) >= 11 is 1.62. The van der Waals surface area contributed by atoms with Gasteiger partial charge in [0.05, 0.1) is 12.1 Å². The Morgan fingerprint density at radius 3 is 2.83 bits per heavy atom. The summed E-state index contributed by atoms with van der Waals surface area (Å²) in [6, 6.07) is 0.0171. The summed E-state index contributed by atoms with van der Waals surface area (Å²) < 4.78 is 5.91. The summed E-state index contributed by atoms with van der Waals surface area (Å²) in [5.41, 5.74) is 0. The van der Waals surface area contributed by atoms with Crippen molar-refractivity contribution >= 4 is 17.4 Å². The number of aryl methyl sites for hydroxylation is 1. The van der Waals surface area contributed by atoms with E-state index in [9.17, 15) is 4.79 Å². The molecule has 1 aliphatic heterocycles. The van der Waals surface area contributed by atoms with E-state index in [1.54, 1.807) is 11.3 Å². The average molecular weight is 340 g/mol. The van der Waals surface area contributed by atoms with Gasteiger partial charge in [-0.3, -0.25) is 0 Å². The Morgan fingerprint density at radius 2 is 2.22 bits per heavy atom. The van der Waals surface area contributed by atoms with Crippen molar-refractivity contribution in [1.29, 1.82) is 0 Å². The van der Waals surface area contributed by atoms with Crippen molar-refractivity contribution in [2.24, 2.45) is 5.92 Å². The van der Waals surface area contributed by atoms with Crippen molar-refractivity contribution in [3.63, 3.8) is 0 Å². The Bertz CT molecular complexity index is 502. The number of thiazole rings is 1. The van der Waals surface area contributed by atoms with E-state index < -0.39 is 0 Å². The van der Waals surface area contributed by atoms with Gasteiger partial charge in [-0.15, -0.1) is 11.3 Å². The minimum Gasteiger partial charge on any atom is -0.378 e. The predicted molar refractivity (Wildman–Crippen MR) is 93.8 cm³/mol. The fourth-order valence-electron chi connectivity index (χ4n) is 3.16. The van der Waals surface area contributed by atoms with Crippen molar-refractivity contribution in [3.8, 4) is 0 Å². The molecule has 1 aromatic heterocycles. The zero-order chi connectivity index (χ0) is 16.8. The number of carbonyl (C=O) groups excluding carboxylic acids is 1. The van der Waals surface area contributed by atoms with Gasteiger partial charge in [-0.2, -0.15) is 0 Å². The van der Waals surface area contributed by atoms with Crippen molar-refractivity contribution in [2.75, 3.05) is 6.61 Å². The van der Waals surface area contributed by atoms with E-state index in [2.05, 4.69) is 29.5 Å². The summed E-state index contributed by atoms with van der Waals surface area (Å²) in [4.78, 5) is 17.7. The van der Waals surface area contributed by atoms with Gasteiger partial charge < -0.3 is 15.4 Å². The summed E-state index contributed by atoms with van der Waals surface area (Å²) in [6.07, 6.45) is 6.15. The smallest absolute Gasteiger partial charge is 0.315 e. The van der Waals surface area contributed by atoms with Gasteiger partial charge in [0, 0.05) is 23.7 Å². The molecule has 1 saturated heterocycles. The molecule has 0 radical (unpaired) electrons. The van der Waals surface area contributed by atoms with Crippen molar-refractivity contribution < 1.29 is 9.53 Å². The second-order valence-electron chi connectivity index (χ2n) is 6.36. The van der Waals surface area contributed by atoms with E-state index in [4.69, 9.17) is 4.74 Å². The first-order chi connectivity index (χ1) is 11.0. The predicted octanol–water partition coefficient (Wildman–Crippen LogP) is 3.80. The van der Waals surface area contributed by atoms with Gasteiger partial charge >= 0.3 is 6.03 Å². The number of hydrogen-bond acceptors (Lipinski definition) is 4. The Labute approximate surface area is 143 Å². The van der Waals surface area contributed by atoms with E-state index >= 15 is 0 Å². The third-order valence-electron chi connectivity index (χ3n) is 4.58. The number of ether oxygens (including phenoxy) is 1. The monoisotopic (exact) mass is 339 g/mol. The van der Waals surface area contributed by atoms with Gasteiger partial charge in [0.2, 0.25) is 0 Å². The molecule has 0 aromatic carbocycles. The van der Waals surface area contributed by atoms with Crippen molar-refractivity contribution in [2.45, 2.75) is 71.6 Å². The quantitative estimate of drug-likeness (QED) is 0.829. The highest BCUT2D eigenvalue weighted by atomic mass is 32.1. The second kappa shape index (κ2) is 8.64. The standard InChI is InChI=1S/C17H29N3O2S/c1-5-13(6-2)15-9-14(7-8-22-15)20-17(21)19-12(4)16-18-10-11(3)23-16/h10,12-15H,5-9H2,1-4H3,(H2,19,20,21)/t12-,14-,15-/m0/s1. The fraction of sp³-hybridized carbons (Fsp3) is 0.765. The van der Waals surface area contributed by atoms with Crippen LogP contribution in [0.3, 0.4) is 0 Å². The van der Waals surface area contributed by atoms with Gasteiger partial charge in [-0.1, -0.05) is 26.7 Å². The number of nitrogens with one attached hydrogen (secondary N) is 2. The first-order valence-corrected chi connectivity index (χ1v) is 9.46. The number of amides is 2. The lowest BCUT2D eigenvalue weighted by Gasteiger charge is -2.34. The van der Waals surface area contributed by atoms with Crippen LogP contribution in [0.1, 0.15) is 62.4 Å². The summed E-state index contributed by atoms with van der Waals surface area (Å²) in [5.74, 6) is 0.583. The highest BCUT2D eigenvalue weighted by molar-refractivity contribution is 7.11. The lowest BCUT2D eigenvalue weighted by Crippen LogP contribution is -2.48. The molecule has 3 atom stereocenters. The van der Waals surface area contributed by atoms with Crippen molar-refractivity contribution in [3.05, 3.63) is 16.1 Å². The Balaban J connectivity index is 1.82. The molecule has 2 heterocycles. The van der Waals surface area contributed by atoms with E-state index in [-0.39, 0.29) is 24.2 Å². The first-order valence-electron chi connectivity index (χ1n) is 8.64. The minimum atomic E-state index is -0.111.